The second-order valence-corrected chi connectivity index (χ2v) is 5.20. The predicted octanol–water partition coefficient (Wildman–Crippen LogP) is 2.81. The molecule has 13 heavy (non-hydrogen) atoms. The summed E-state index contributed by atoms with van der Waals surface area (Å²) < 4.78 is 0. The van der Waals surface area contributed by atoms with Crippen LogP contribution in [0.25, 0.3) is 0 Å². The van der Waals surface area contributed by atoms with Crippen molar-refractivity contribution in [2.45, 2.75) is 52.0 Å². The molecule has 0 aromatic heterocycles. The van der Waals surface area contributed by atoms with E-state index >= 15 is 0 Å². The maximum atomic E-state index is 3.64. The Morgan fingerprint density at radius 3 is 3.00 bits per heavy atom. The van der Waals surface area contributed by atoms with Crippen LogP contribution in [0.3, 0.4) is 0 Å². The third kappa shape index (κ3) is 2.46. The Labute approximate surface area is 82.3 Å². The van der Waals surface area contributed by atoms with E-state index < -0.39 is 0 Å². The van der Waals surface area contributed by atoms with E-state index in [-0.39, 0.29) is 0 Å². The molecule has 1 aliphatic heterocycles. The average molecular weight is 181 g/mol. The van der Waals surface area contributed by atoms with Gasteiger partial charge in [0.15, 0.2) is 0 Å². The van der Waals surface area contributed by atoms with Gasteiger partial charge in [0.1, 0.15) is 0 Å². The van der Waals surface area contributed by atoms with Crippen LogP contribution >= 0.6 is 0 Å². The molecule has 2 rings (SSSR count). The lowest BCUT2D eigenvalue weighted by Gasteiger charge is -2.18. The summed E-state index contributed by atoms with van der Waals surface area (Å²) >= 11 is 0. The summed E-state index contributed by atoms with van der Waals surface area (Å²) in [5, 5.41) is 3.64. The van der Waals surface area contributed by atoms with E-state index in [2.05, 4.69) is 19.2 Å². The molecule has 0 aromatic rings. The fraction of sp³-hybridized carbons (Fsp3) is 1.00. The van der Waals surface area contributed by atoms with Gasteiger partial charge in [-0.1, -0.05) is 20.3 Å². The lowest BCUT2D eigenvalue weighted by Crippen LogP contribution is -2.18. The molecule has 4 atom stereocenters. The maximum absolute atomic E-state index is 3.64. The second kappa shape index (κ2) is 4.00. The van der Waals surface area contributed by atoms with Crippen LogP contribution in [0, 0.1) is 17.8 Å². The Morgan fingerprint density at radius 2 is 2.23 bits per heavy atom. The molecule has 2 aliphatic rings. The van der Waals surface area contributed by atoms with Crippen LogP contribution in [-0.2, 0) is 0 Å². The lowest BCUT2D eigenvalue weighted by molar-refractivity contribution is 0.342. The Hall–Kier alpha value is -0.0400. The van der Waals surface area contributed by atoms with Crippen LogP contribution in [-0.4, -0.2) is 12.6 Å². The lowest BCUT2D eigenvalue weighted by atomic mass is 9.88. The summed E-state index contributed by atoms with van der Waals surface area (Å²) in [6.07, 6.45) is 7.25. The van der Waals surface area contributed by atoms with Crippen molar-refractivity contribution in [3.05, 3.63) is 0 Å². The zero-order valence-corrected chi connectivity index (χ0v) is 9.05. The van der Waals surface area contributed by atoms with Gasteiger partial charge >= 0.3 is 0 Å². The van der Waals surface area contributed by atoms with Crippen molar-refractivity contribution in [3.8, 4) is 0 Å². The number of hydrogen-bond acceptors (Lipinski definition) is 1. The molecule has 1 N–H and O–H groups in total. The average Bonchev–Trinajstić information content (AvgIpc) is 2.82. The molecule has 1 heteroatoms. The molecule has 2 fully saturated rings. The summed E-state index contributed by atoms with van der Waals surface area (Å²) in [5.74, 6) is 3.02. The van der Waals surface area contributed by atoms with Crippen LogP contribution in [0.15, 0.2) is 0 Å². The summed E-state index contributed by atoms with van der Waals surface area (Å²) in [6.45, 7) is 6.00. The molecule has 1 saturated heterocycles. The van der Waals surface area contributed by atoms with Crippen molar-refractivity contribution in [2.24, 2.45) is 17.8 Å². The van der Waals surface area contributed by atoms with Crippen LogP contribution in [0.4, 0.5) is 0 Å². The largest absolute Gasteiger partial charge is 0.314 e. The normalized spacial score (nSPS) is 40.6. The van der Waals surface area contributed by atoms with E-state index in [9.17, 15) is 0 Å². The highest BCUT2D eigenvalue weighted by Crippen LogP contribution is 2.40. The summed E-state index contributed by atoms with van der Waals surface area (Å²) in [4.78, 5) is 0. The molecule has 0 aromatic carbocycles. The fourth-order valence-corrected chi connectivity index (χ4v) is 2.73. The summed E-state index contributed by atoms with van der Waals surface area (Å²) in [7, 11) is 0. The molecule has 0 bridgehead atoms. The molecule has 0 radical (unpaired) electrons. The van der Waals surface area contributed by atoms with E-state index in [1.54, 1.807) is 0 Å². The van der Waals surface area contributed by atoms with E-state index in [1.807, 2.05) is 0 Å². The highest BCUT2D eigenvalue weighted by Gasteiger charge is 2.39. The van der Waals surface area contributed by atoms with Gasteiger partial charge in [0, 0.05) is 6.04 Å². The Bertz CT molecular complexity index is 167. The molecular formula is C12H23N. The molecule has 76 valence electrons. The highest BCUT2D eigenvalue weighted by molar-refractivity contribution is 4.96. The van der Waals surface area contributed by atoms with Crippen molar-refractivity contribution >= 4 is 0 Å². The summed E-state index contributed by atoms with van der Waals surface area (Å²) in [6, 6.07) is 0.918. The minimum atomic E-state index is 0.918. The van der Waals surface area contributed by atoms with E-state index in [0.29, 0.717) is 0 Å². The zero-order valence-electron chi connectivity index (χ0n) is 9.05. The molecule has 1 aliphatic carbocycles. The number of hydrogen-bond donors (Lipinski definition) is 1. The van der Waals surface area contributed by atoms with E-state index in [4.69, 9.17) is 0 Å². The quantitative estimate of drug-likeness (QED) is 0.706. The first-order valence-electron chi connectivity index (χ1n) is 6.03. The van der Waals surface area contributed by atoms with Crippen LogP contribution in [0.1, 0.15) is 46.0 Å². The molecule has 0 amide bonds. The standard InChI is InChI=1S/C12H23N/c1-3-9(2)6-10-4-5-13-12-8-11(12)7-10/h9-13H,3-8H2,1-2H3. The second-order valence-electron chi connectivity index (χ2n) is 5.20. The molecular weight excluding hydrogens is 158 g/mol. The molecule has 0 spiro atoms. The number of nitrogens with one attached hydrogen (secondary N) is 1. The van der Waals surface area contributed by atoms with Crippen LogP contribution < -0.4 is 5.32 Å². The van der Waals surface area contributed by atoms with Crippen molar-refractivity contribution in [1.82, 2.24) is 5.32 Å². The van der Waals surface area contributed by atoms with E-state index in [0.717, 1.165) is 23.8 Å². The molecule has 1 nitrogen and oxygen atoms in total. The smallest absolute Gasteiger partial charge is 0.00992 e. The first-order valence-corrected chi connectivity index (χ1v) is 6.03. The van der Waals surface area contributed by atoms with Crippen molar-refractivity contribution in [3.63, 3.8) is 0 Å². The van der Waals surface area contributed by atoms with Gasteiger partial charge in [0.2, 0.25) is 0 Å². The third-order valence-corrected chi connectivity index (χ3v) is 3.95. The van der Waals surface area contributed by atoms with Gasteiger partial charge in [0.25, 0.3) is 0 Å². The van der Waals surface area contributed by atoms with Gasteiger partial charge in [0.05, 0.1) is 0 Å². The third-order valence-electron chi connectivity index (χ3n) is 3.95. The topological polar surface area (TPSA) is 12.0 Å². The van der Waals surface area contributed by atoms with Crippen molar-refractivity contribution in [2.75, 3.05) is 6.54 Å². The summed E-state index contributed by atoms with van der Waals surface area (Å²) in [5.41, 5.74) is 0. The van der Waals surface area contributed by atoms with Crippen molar-refractivity contribution in [1.29, 1.82) is 0 Å². The van der Waals surface area contributed by atoms with Gasteiger partial charge in [-0.25, -0.2) is 0 Å². The van der Waals surface area contributed by atoms with E-state index in [1.165, 1.54) is 38.6 Å². The van der Waals surface area contributed by atoms with Gasteiger partial charge in [-0.3, -0.25) is 0 Å². The Balaban J connectivity index is 1.77. The van der Waals surface area contributed by atoms with Gasteiger partial charge in [-0.2, -0.15) is 0 Å². The first kappa shape index (κ1) is 9.51. The maximum Gasteiger partial charge on any atom is 0.00992 e. The highest BCUT2D eigenvalue weighted by atomic mass is 15.0. The first-order chi connectivity index (χ1) is 6.29. The Kier molecular flexibility index (Phi) is 2.92. The minimum absolute atomic E-state index is 0.918. The monoisotopic (exact) mass is 181 g/mol. The van der Waals surface area contributed by atoms with Crippen LogP contribution in [0.5, 0.6) is 0 Å². The van der Waals surface area contributed by atoms with Gasteiger partial charge in [-0.15, -0.1) is 0 Å². The number of rotatable bonds is 3. The minimum Gasteiger partial charge on any atom is -0.314 e. The molecule has 1 saturated carbocycles. The number of fused-ring (bicyclic) bond motifs is 1. The van der Waals surface area contributed by atoms with Crippen molar-refractivity contribution < 1.29 is 0 Å². The molecule has 4 unspecified atom stereocenters. The SMILES string of the molecule is CCC(C)CC1CCNC2CC2C1. The van der Waals surface area contributed by atoms with Gasteiger partial charge in [-0.05, 0) is 50.0 Å². The molecule has 1 heterocycles. The fourth-order valence-electron chi connectivity index (χ4n) is 2.73. The van der Waals surface area contributed by atoms with Crippen LogP contribution in [0.2, 0.25) is 0 Å². The van der Waals surface area contributed by atoms with Gasteiger partial charge < -0.3 is 5.32 Å². The Morgan fingerprint density at radius 1 is 1.38 bits per heavy atom. The predicted molar refractivity (Wildman–Crippen MR) is 56.7 cm³/mol. The zero-order chi connectivity index (χ0) is 9.26.